The van der Waals surface area contributed by atoms with E-state index in [0.717, 1.165) is 0 Å². The van der Waals surface area contributed by atoms with Crippen LogP contribution in [0.15, 0.2) is 47.9 Å². The van der Waals surface area contributed by atoms with Crippen molar-refractivity contribution in [2.75, 3.05) is 46.3 Å². The van der Waals surface area contributed by atoms with Gasteiger partial charge in [-0.25, -0.2) is 13.4 Å². The van der Waals surface area contributed by atoms with Gasteiger partial charge in [0, 0.05) is 57.2 Å². The molecule has 168 valence electrons. The van der Waals surface area contributed by atoms with E-state index in [1.165, 1.54) is 16.4 Å². The Morgan fingerprint density at radius 1 is 1.03 bits per heavy atom. The normalized spacial score (nSPS) is 24.1. The predicted octanol–water partition coefficient (Wildman–Crippen LogP) is 0.657. The number of piperazine rings is 1. The summed E-state index contributed by atoms with van der Waals surface area (Å²) < 4.78 is 29.1. The van der Waals surface area contributed by atoms with Crippen LogP contribution in [0.4, 0.5) is 0 Å². The molecule has 9 nitrogen and oxygen atoms in total. The smallest absolute Gasteiger partial charge is 0.253 e. The summed E-state index contributed by atoms with van der Waals surface area (Å²) in [6, 6.07) is 6.08. The molecule has 1 aromatic heterocycles. The van der Waals surface area contributed by atoms with Crippen molar-refractivity contribution >= 4 is 15.9 Å². The molecule has 1 aromatic carbocycles. The fourth-order valence-electron chi connectivity index (χ4n) is 4.22. The molecule has 2 aliphatic rings. The van der Waals surface area contributed by atoms with Crippen LogP contribution < -0.4 is 0 Å². The summed E-state index contributed by atoms with van der Waals surface area (Å²) in [5.74, 6) is -0.151. The molecule has 2 aromatic rings. The molecule has 0 radical (unpaired) electrons. The largest absolute Gasteiger partial charge is 0.391 e. The van der Waals surface area contributed by atoms with Crippen LogP contribution in [0.3, 0.4) is 0 Å². The summed E-state index contributed by atoms with van der Waals surface area (Å²) in [5.41, 5.74) is 0.452. The molecule has 10 heteroatoms. The third kappa shape index (κ3) is 4.67. The number of likely N-dealkylation sites (N-methyl/N-ethyl adjacent to an activating group) is 1. The van der Waals surface area contributed by atoms with Gasteiger partial charge in [0.05, 0.1) is 23.4 Å². The number of hydrogen-bond acceptors (Lipinski definition) is 6. The number of aromatic nitrogens is 2. The Morgan fingerprint density at radius 2 is 1.71 bits per heavy atom. The van der Waals surface area contributed by atoms with Crippen molar-refractivity contribution in [2.45, 2.75) is 29.9 Å². The zero-order valence-corrected chi connectivity index (χ0v) is 18.5. The summed E-state index contributed by atoms with van der Waals surface area (Å²) in [4.78, 5) is 21.1. The molecule has 2 fully saturated rings. The minimum atomic E-state index is -3.56. The van der Waals surface area contributed by atoms with Crippen LogP contribution in [-0.2, 0) is 10.0 Å². The molecule has 31 heavy (non-hydrogen) atoms. The molecule has 2 aliphatic heterocycles. The quantitative estimate of drug-likeness (QED) is 0.739. The van der Waals surface area contributed by atoms with Crippen molar-refractivity contribution in [1.29, 1.82) is 0 Å². The van der Waals surface area contributed by atoms with E-state index in [0.29, 0.717) is 57.7 Å². The Bertz CT molecular complexity index is 985. The van der Waals surface area contributed by atoms with Crippen LogP contribution in [0.25, 0.3) is 0 Å². The fourth-order valence-corrected chi connectivity index (χ4v) is 5.64. The Hall–Kier alpha value is -2.27. The molecule has 4 rings (SSSR count). The first-order valence-electron chi connectivity index (χ1n) is 10.6. The summed E-state index contributed by atoms with van der Waals surface area (Å²) >= 11 is 0. The van der Waals surface area contributed by atoms with Gasteiger partial charge in [-0.3, -0.25) is 4.79 Å². The predicted molar refractivity (Wildman–Crippen MR) is 115 cm³/mol. The van der Waals surface area contributed by atoms with Gasteiger partial charge in [0.15, 0.2) is 0 Å². The first-order chi connectivity index (χ1) is 14.9. The maximum atomic E-state index is 13.0. The van der Waals surface area contributed by atoms with Crippen LogP contribution in [0.1, 0.15) is 29.2 Å². The Morgan fingerprint density at radius 3 is 2.35 bits per heavy atom. The van der Waals surface area contributed by atoms with Gasteiger partial charge in [0.1, 0.15) is 0 Å². The minimum absolute atomic E-state index is 0.114. The van der Waals surface area contributed by atoms with Gasteiger partial charge in [-0.05, 0) is 44.2 Å². The monoisotopic (exact) mass is 447 g/mol. The van der Waals surface area contributed by atoms with E-state index >= 15 is 0 Å². The van der Waals surface area contributed by atoms with E-state index in [1.54, 1.807) is 29.6 Å². The van der Waals surface area contributed by atoms with Crippen molar-refractivity contribution in [3.05, 3.63) is 48.5 Å². The molecular weight excluding hydrogens is 418 g/mol. The number of benzene rings is 1. The van der Waals surface area contributed by atoms with Crippen LogP contribution >= 0.6 is 0 Å². The van der Waals surface area contributed by atoms with Crippen LogP contribution in [0, 0.1) is 0 Å². The van der Waals surface area contributed by atoms with Crippen molar-refractivity contribution < 1.29 is 18.3 Å². The van der Waals surface area contributed by atoms with E-state index in [2.05, 4.69) is 9.88 Å². The van der Waals surface area contributed by atoms with Gasteiger partial charge >= 0.3 is 0 Å². The van der Waals surface area contributed by atoms with E-state index < -0.39 is 16.1 Å². The lowest BCUT2D eigenvalue weighted by molar-refractivity contribution is 0.0751. The third-order valence-electron chi connectivity index (χ3n) is 6.23. The highest BCUT2D eigenvalue weighted by molar-refractivity contribution is 7.89. The standard InChI is InChI=1S/C21H29N5O4S/c1-23-12-14-26(15-13-23)31(29,30)18-4-2-17(3-5-18)21(28)24-9-6-19(20(27)7-10-24)25-11-8-22-16-25/h2-5,8,11,16,19-20,27H,6-7,9-10,12-15H2,1H3/t19-,20-/m0/s1. The highest BCUT2D eigenvalue weighted by Gasteiger charge is 2.30. The number of carbonyl (C=O) groups is 1. The zero-order chi connectivity index (χ0) is 22.0. The number of sulfonamides is 1. The first kappa shape index (κ1) is 21.9. The maximum Gasteiger partial charge on any atom is 0.253 e. The number of amides is 1. The molecule has 3 heterocycles. The van der Waals surface area contributed by atoms with Crippen LogP contribution in [0.2, 0.25) is 0 Å². The number of nitrogens with zero attached hydrogens (tertiary/aromatic N) is 5. The summed E-state index contributed by atoms with van der Waals surface area (Å²) in [6.45, 7) is 3.31. The van der Waals surface area contributed by atoms with Gasteiger partial charge in [-0.15, -0.1) is 0 Å². The SMILES string of the molecule is CN1CCN(S(=O)(=O)c2ccc(C(=O)N3CC[C@H](O)[C@@H](n4ccnc4)CC3)cc2)CC1. The second-order valence-corrected chi connectivity index (χ2v) is 10.2. The highest BCUT2D eigenvalue weighted by Crippen LogP contribution is 2.24. The Kier molecular flexibility index (Phi) is 6.42. The summed E-state index contributed by atoms with van der Waals surface area (Å²) in [7, 11) is -1.58. The van der Waals surface area contributed by atoms with Crippen LogP contribution in [0.5, 0.6) is 0 Å². The van der Waals surface area contributed by atoms with Gasteiger partial charge in [-0.1, -0.05) is 0 Å². The van der Waals surface area contributed by atoms with Crippen molar-refractivity contribution in [1.82, 2.24) is 23.7 Å². The maximum absolute atomic E-state index is 13.0. The highest BCUT2D eigenvalue weighted by atomic mass is 32.2. The van der Waals surface area contributed by atoms with Crippen molar-refractivity contribution in [3.63, 3.8) is 0 Å². The third-order valence-corrected chi connectivity index (χ3v) is 8.14. The average molecular weight is 448 g/mol. The van der Waals surface area contributed by atoms with E-state index in [9.17, 15) is 18.3 Å². The molecule has 0 bridgehead atoms. The number of rotatable bonds is 4. The molecule has 0 aliphatic carbocycles. The van der Waals surface area contributed by atoms with Crippen molar-refractivity contribution in [2.24, 2.45) is 0 Å². The Labute approximate surface area is 182 Å². The second kappa shape index (κ2) is 9.07. The number of hydrogen-bond donors (Lipinski definition) is 1. The summed E-state index contributed by atoms with van der Waals surface area (Å²) in [5, 5.41) is 10.5. The second-order valence-electron chi connectivity index (χ2n) is 8.25. The fraction of sp³-hybridized carbons (Fsp3) is 0.524. The molecule has 2 atom stereocenters. The minimum Gasteiger partial charge on any atom is -0.391 e. The lowest BCUT2D eigenvalue weighted by Gasteiger charge is -2.31. The molecule has 0 unspecified atom stereocenters. The zero-order valence-electron chi connectivity index (χ0n) is 17.7. The molecule has 1 amide bonds. The van der Waals surface area contributed by atoms with E-state index in [4.69, 9.17) is 0 Å². The van der Waals surface area contributed by atoms with Crippen molar-refractivity contribution in [3.8, 4) is 0 Å². The van der Waals surface area contributed by atoms with Gasteiger partial charge in [0.2, 0.25) is 10.0 Å². The van der Waals surface area contributed by atoms with Gasteiger partial charge in [0.25, 0.3) is 5.91 Å². The first-order valence-corrected chi connectivity index (χ1v) is 12.0. The van der Waals surface area contributed by atoms with Gasteiger partial charge in [-0.2, -0.15) is 4.31 Å². The topological polar surface area (TPSA) is 99.0 Å². The molecule has 2 saturated heterocycles. The lowest BCUT2D eigenvalue weighted by atomic mass is 10.1. The van der Waals surface area contributed by atoms with Gasteiger partial charge < -0.3 is 19.5 Å². The van der Waals surface area contributed by atoms with E-state index in [1.807, 2.05) is 17.8 Å². The van der Waals surface area contributed by atoms with E-state index in [-0.39, 0.29) is 16.8 Å². The Balaban J connectivity index is 1.43. The lowest BCUT2D eigenvalue weighted by Crippen LogP contribution is -2.47. The molecule has 0 spiro atoms. The average Bonchev–Trinajstić information content (AvgIpc) is 3.23. The molecule has 0 saturated carbocycles. The summed E-state index contributed by atoms with van der Waals surface area (Å²) in [6.07, 6.45) is 5.74. The number of likely N-dealkylation sites (tertiary alicyclic amines) is 1. The molecular formula is C21H29N5O4S. The number of aliphatic hydroxyl groups excluding tert-OH is 1. The van der Waals surface area contributed by atoms with Crippen LogP contribution in [-0.4, -0.2) is 95.5 Å². The number of carbonyl (C=O) groups excluding carboxylic acids is 1. The molecule has 1 N–H and O–H groups in total. The number of imidazole rings is 1. The number of aliphatic hydroxyl groups is 1.